The van der Waals surface area contributed by atoms with Crippen LogP contribution in [0, 0.1) is 11.6 Å². The molecule has 0 saturated heterocycles. The lowest BCUT2D eigenvalue weighted by Gasteiger charge is -2.10. The van der Waals surface area contributed by atoms with Crippen LogP contribution in [0.1, 0.15) is 12.3 Å². The van der Waals surface area contributed by atoms with Crippen LogP contribution in [0.15, 0.2) is 82.7 Å². The van der Waals surface area contributed by atoms with Gasteiger partial charge in [-0.1, -0.05) is 16.9 Å². The number of thioether (sulfide) groups is 1. The third-order valence-electron chi connectivity index (χ3n) is 4.99. The molecule has 0 saturated carbocycles. The van der Waals surface area contributed by atoms with Crippen molar-refractivity contribution >= 4 is 11.8 Å². The average molecular weight is 477 g/mol. The number of halogens is 2. The van der Waals surface area contributed by atoms with Gasteiger partial charge in [0.1, 0.15) is 11.6 Å². The van der Waals surface area contributed by atoms with E-state index in [0.29, 0.717) is 40.4 Å². The second-order valence-corrected chi connectivity index (χ2v) is 8.39. The van der Waals surface area contributed by atoms with Crippen molar-refractivity contribution in [2.45, 2.75) is 18.0 Å². The lowest BCUT2D eigenvalue weighted by Crippen LogP contribution is -2.00. The Labute approximate surface area is 197 Å². The molecule has 3 aromatic heterocycles. The highest BCUT2D eigenvalue weighted by molar-refractivity contribution is 7.99. The molecule has 3 heterocycles. The molecule has 5 aromatic rings. The van der Waals surface area contributed by atoms with E-state index in [1.807, 2.05) is 16.7 Å². The standard InChI is InChI=1S/C24H18F2N6OS/c25-18-5-3-17(4-6-18)23-29-30-24(32(23)20-9-7-19(26)8-10-20)34-15-1-2-21-28-22(31-33-21)16-11-13-27-14-12-16/h3-14H,1-2,15H2. The zero-order valence-corrected chi connectivity index (χ0v) is 18.6. The van der Waals surface area contributed by atoms with Crippen LogP contribution in [0.25, 0.3) is 28.5 Å². The minimum atomic E-state index is -0.334. The van der Waals surface area contributed by atoms with Crippen LogP contribution in [0.5, 0.6) is 0 Å². The minimum Gasteiger partial charge on any atom is -0.339 e. The molecule has 0 fully saturated rings. The Balaban J connectivity index is 1.30. The molecule has 0 N–H and O–H groups in total. The van der Waals surface area contributed by atoms with Crippen molar-refractivity contribution in [1.82, 2.24) is 29.9 Å². The first-order valence-electron chi connectivity index (χ1n) is 10.5. The van der Waals surface area contributed by atoms with Crippen LogP contribution in [0.2, 0.25) is 0 Å². The molecular weight excluding hydrogens is 458 g/mol. The summed E-state index contributed by atoms with van der Waals surface area (Å²) in [6.07, 6.45) is 4.74. The van der Waals surface area contributed by atoms with Crippen molar-refractivity contribution < 1.29 is 13.3 Å². The van der Waals surface area contributed by atoms with Crippen molar-refractivity contribution in [3.05, 3.63) is 90.6 Å². The molecule has 0 aliphatic heterocycles. The largest absolute Gasteiger partial charge is 0.339 e. The fraction of sp³-hybridized carbons (Fsp3) is 0.125. The second kappa shape index (κ2) is 9.92. The van der Waals surface area contributed by atoms with Gasteiger partial charge >= 0.3 is 0 Å². The number of hydrogen-bond acceptors (Lipinski definition) is 7. The van der Waals surface area contributed by atoms with Gasteiger partial charge in [0, 0.05) is 41.4 Å². The summed E-state index contributed by atoms with van der Waals surface area (Å²) in [5.74, 6) is 1.69. The van der Waals surface area contributed by atoms with Crippen LogP contribution < -0.4 is 0 Å². The second-order valence-electron chi connectivity index (χ2n) is 7.32. The molecule has 0 bridgehead atoms. The quantitative estimate of drug-likeness (QED) is 0.220. The van der Waals surface area contributed by atoms with Crippen LogP contribution in [0.3, 0.4) is 0 Å². The van der Waals surface area contributed by atoms with Gasteiger partial charge in [-0.25, -0.2) is 8.78 Å². The van der Waals surface area contributed by atoms with E-state index in [1.54, 1.807) is 36.7 Å². The minimum absolute atomic E-state index is 0.333. The van der Waals surface area contributed by atoms with E-state index in [9.17, 15) is 8.78 Å². The first-order valence-corrected chi connectivity index (χ1v) is 11.5. The summed E-state index contributed by atoms with van der Waals surface area (Å²) in [5.41, 5.74) is 2.27. The highest BCUT2D eigenvalue weighted by atomic mass is 32.2. The summed E-state index contributed by atoms with van der Waals surface area (Å²) < 4.78 is 34.1. The SMILES string of the molecule is Fc1ccc(-c2nnc(SCCCc3nc(-c4ccncc4)no3)n2-c2ccc(F)cc2)cc1. The van der Waals surface area contributed by atoms with E-state index >= 15 is 0 Å². The molecule has 0 radical (unpaired) electrons. The van der Waals surface area contributed by atoms with Crippen molar-refractivity contribution in [1.29, 1.82) is 0 Å². The summed E-state index contributed by atoms with van der Waals surface area (Å²) >= 11 is 1.51. The molecule has 10 heteroatoms. The van der Waals surface area contributed by atoms with E-state index in [2.05, 4.69) is 25.3 Å². The number of hydrogen-bond donors (Lipinski definition) is 0. The molecule has 0 spiro atoms. The fourth-order valence-electron chi connectivity index (χ4n) is 3.33. The lowest BCUT2D eigenvalue weighted by atomic mass is 10.2. The predicted molar refractivity (Wildman–Crippen MR) is 123 cm³/mol. The van der Waals surface area contributed by atoms with Gasteiger partial charge in [-0.2, -0.15) is 4.98 Å². The van der Waals surface area contributed by atoms with E-state index < -0.39 is 0 Å². The fourth-order valence-corrected chi connectivity index (χ4v) is 4.22. The maximum atomic E-state index is 13.5. The van der Waals surface area contributed by atoms with Gasteiger partial charge in [-0.15, -0.1) is 10.2 Å². The molecule has 34 heavy (non-hydrogen) atoms. The molecule has 170 valence electrons. The Hall–Kier alpha value is -3.92. The summed E-state index contributed by atoms with van der Waals surface area (Å²) in [6, 6.07) is 15.8. The van der Waals surface area contributed by atoms with Crippen LogP contribution >= 0.6 is 11.8 Å². The first kappa shape index (κ1) is 21.9. The number of aryl methyl sites for hydroxylation is 1. The number of aromatic nitrogens is 6. The van der Waals surface area contributed by atoms with E-state index in [1.165, 1.54) is 36.0 Å². The first-order chi connectivity index (χ1) is 16.7. The smallest absolute Gasteiger partial charge is 0.226 e. The molecule has 5 rings (SSSR count). The Kier molecular flexibility index (Phi) is 6.39. The Morgan fingerprint density at radius 1 is 0.824 bits per heavy atom. The number of rotatable bonds is 8. The average Bonchev–Trinajstić information content (AvgIpc) is 3.51. The van der Waals surface area contributed by atoms with E-state index in [0.717, 1.165) is 17.7 Å². The number of benzene rings is 2. The maximum absolute atomic E-state index is 13.5. The summed E-state index contributed by atoms with van der Waals surface area (Å²) in [7, 11) is 0. The molecule has 0 atom stereocenters. The van der Waals surface area contributed by atoms with Crippen molar-refractivity contribution in [3.8, 4) is 28.5 Å². The van der Waals surface area contributed by atoms with Gasteiger partial charge in [-0.3, -0.25) is 9.55 Å². The molecule has 0 aliphatic carbocycles. The number of pyridine rings is 1. The summed E-state index contributed by atoms with van der Waals surface area (Å²) in [5, 5.41) is 13.3. The molecular formula is C24H18F2N6OS. The lowest BCUT2D eigenvalue weighted by molar-refractivity contribution is 0.378. The van der Waals surface area contributed by atoms with Crippen LogP contribution in [-0.4, -0.2) is 35.6 Å². The highest BCUT2D eigenvalue weighted by Crippen LogP contribution is 2.29. The van der Waals surface area contributed by atoms with Gasteiger partial charge in [0.25, 0.3) is 0 Å². The summed E-state index contributed by atoms with van der Waals surface area (Å²) in [6.45, 7) is 0. The van der Waals surface area contributed by atoms with Gasteiger partial charge in [-0.05, 0) is 67.1 Å². The van der Waals surface area contributed by atoms with Crippen LogP contribution in [-0.2, 0) is 6.42 Å². The molecule has 7 nitrogen and oxygen atoms in total. The molecule has 2 aromatic carbocycles. The molecule has 0 unspecified atom stereocenters. The zero-order valence-electron chi connectivity index (χ0n) is 17.8. The van der Waals surface area contributed by atoms with Crippen molar-refractivity contribution in [3.63, 3.8) is 0 Å². The predicted octanol–water partition coefficient (Wildman–Crippen LogP) is 5.38. The Morgan fingerprint density at radius 2 is 1.53 bits per heavy atom. The van der Waals surface area contributed by atoms with Gasteiger partial charge < -0.3 is 4.52 Å². The maximum Gasteiger partial charge on any atom is 0.226 e. The molecule has 0 aliphatic rings. The van der Waals surface area contributed by atoms with Gasteiger partial charge in [0.05, 0.1) is 0 Å². The Morgan fingerprint density at radius 3 is 2.26 bits per heavy atom. The highest BCUT2D eigenvalue weighted by Gasteiger charge is 2.17. The number of nitrogens with zero attached hydrogens (tertiary/aromatic N) is 6. The normalized spacial score (nSPS) is 11.1. The third kappa shape index (κ3) is 4.86. The van der Waals surface area contributed by atoms with Crippen LogP contribution in [0.4, 0.5) is 8.78 Å². The van der Waals surface area contributed by atoms with Gasteiger partial charge in [0.2, 0.25) is 11.7 Å². The van der Waals surface area contributed by atoms with Crippen molar-refractivity contribution in [2.75, 3.05) is 5.75 Å². The van der Waals surface area contributed by atoms with E-state index in [-0.39, 0.29) is 11.6 Å². The van der Waals surface area contributed by atoms with Gasteiger partial charge in [0.15, 0.2) is 11.0 Å². The summed E-state index contributed by atoms with van der Waals surface area (Å²) in [4.78, 5) is 8.42. The Bertz CT molecular complexity index is 1370. The van der Waals surface area contributed by atoms with Crippen molar-refractivity contribution in [2.24, 2.45) is 0 Å². The topological polar surface area (TPSA) is 82.5 Å². The molecule has 0 amide bonds. The van der Waals surface area contributed by atoms with E-state index in [4.69, 9.17) is 4.52 Å². The third-order valence-corrected chi connectivity index (χ3v) is 6.01. The zero-order chi connectivity index (χ0) is 23.3. The monoisotopic (exact) mass is 476 g/mol.